The lowest BCUT2D eigenvalue weighted by molar-refractivity contribution is -0.535. The van der Waals surface area contributed by atoms with E-state index < -0.39 is 33.7 Å². The van der Waals surface area contributed by atoms with Crippen molar-refractivity contribution in [3.05, 3.63) is 86.0 Å². The van der Waals surface area contributed by atoms with Crippen LogP contribution in [-0.4, -0.2) is 32.0 Å². The fourth-order valence-electron chi connectivity index (χ4n) is 2.58. The van der Waals surface area contributed by atoms with Gasteiger partial charge in [-0.15, -0.1) is 0 Å². The molecule has 30 heavy (non-hydrogen) atoms. The van der Waals surface area contributed by atoms with Gasteiger partial charge in [0, 0.05) is 22.6 Å². The van der Waals surface area contributed by atoms with Crippen molar-refractivity contribution in [2.75, 3.05) is 0 Å². The first-order chi connectivity index (χ1) is 14.0. The van der Waals surface area contributed by atoms with E-state index in [2.05, 4.69) is 0 Å². The number of aliphatic carboxylic acids is 2. The van der Waals surface area contributed by atoms with Gasteiger partial charge >= 0.3 is 11.9 Å². The number of carboxylic acid groups (broad SMARTS) is 2. The molecule has 0 saturated carbocycles. The van der Waals surface area contributed by atoms with Gasteiger partial charge in [0.05, 0.1) is 10.8 Å². The molecule has 3 unspecified atom stereocenters. The summed E-state index contributed by atoms with van der Waals surface area (Å²) in [6.07, 6.45) is 0.607. The van der Waals surface area contributed by atoms with E-state index in [0.29, 0.717) is 6.42 Å². The van der Waals surface area contributed by atoms with Crippen LogP contribution < -0.4 is 0 Å². The number of hydrogen-bond donors (Lipinski definition) is 2. The third-order valence-corrected chi connectivity index (χ3v) is 4.34. The van der Waals surface area contributed by atoms with Crippen molar-refractivity contribution >= 4 is 17.6 Å². The SMILES string of the molecule is CC(C(=O)O)C(c1ccc([N+](=O)[O-])cc1)[N+](=O)[O-].CC(Cc1ccccc1)C(=O)O. The van der Waals surface area contributed by atoms with Gasteiger partial charge < -0.3 is 10.2 Å². The second-order valence-corrected chi connectivity index (χ2v) is 6.63. The van der Waals surface area contributed by atoms with Crippen LogP contribution in [0.3, 0.4) is 0 Å². The van der Waals surface area contributed by atoms with Crippen molar-refractivity contribution in [2.45, 2.75) is 26.3 Å². The molecule has 160 valence electrons. The summed E-state index contributed by atoms with van der Waals surface area (Å²) in [5.41, 5.74) is 0.997. The first kappa shape index (κ1) is 24.2. The van der Waals surface area contributed by atoms with Crippen LogP contribution in [0.25, 0.3) is 0 Å². The third kappa shape index (κ3) is 7.30. The van der Waals surface area contributed by atoms with E-state index >= 15 is 0 Å². The minimum Gasteiger partial charge on any atom is -0.481 e. The predicted octanol–water partition coefficient (Wildman–Crippen LogP) is 3.58. The molecule has 0 fully saturated rings. The Morgan fingerprint density at radius 3 is 1.83 bits per heavy atom. The van der Waals surface area contributed by atoms with Crippen molar-refractivity contribution in [3.8, 4) is 0 Å². The first-order valence-electron chi connectivity index (χ1n) is 8.92. The summed E-state index contributed by atoms with van der Waals surface area (Å²) in [5.74, 6) is -3.55. The van der Waals surface area contributed by atoms with Crippen LogP contribution in [0, 0.1) is 32.1 Å². The lowest BCUT2D eigenvalue weighted by Crippen LogP contribution is -2.25. The quantitative estimate of drug-likeness (QED) is 0.485. The number of carboxylic acids is 2. The van der Waals surface area contributed by atoms with Crippen molar-refractivity contribution in [1.82, 2.24) is 0 Å². The normalized spacial score (nSPS) is 13.1. The number of nitro benzene ring substituents is 1. The van der Waals surface area contributed by atoms with Gasteiger partial charge in [0.15, 0.2) is 0 Å². The number of nitro groups is 2. The average molecular weight is 418 g/mol. The molecule has 2 rings (SSSR count). The number of nitrogens with zero attached hydrogens (tertiary/aromatic N) is 2. The lowest BCUT2D eigenvalue weighted by Gasteiger charge is -2.13. The van der Waals surface area contributed by atoms with Crippen LogP contribution in [0.15, 0.2) is 54.6 Å². The van der Waals surface area contributed by atoms with Crippen LogP contribution in [0.2, 0.25) is 0 Å². The molecule has 10 heteroatoms. The van der Waals surface area contributed by atoms with E-state index in [1.807, 2.05) is 30.3 Å². The predicted molar refractivity (Wildman–Crippen MR) is 107 cm³/mol. The summed E-state index contributed by atoms with van der Waals surface area (Å²) < 4.78 is 0. The van der Waals surface area contributed by atoms with E-state index in [-0.39, 0.29) is 17.2 Å². The molecule has 0 aromatic heterocycles. The third-order valence-electron chi connectivity index (χ3n) is 4.34. The highest BCUT2D eigenvalue weighted by atomic mass is 16.6. The zero-order chi connectivity index (χ0) is 22.8. The Morgan fingerprint density at radius 2 is 1.43 bits per heavy atom. The van der Waals surface area contributed by atoms with Crippen molar-refractivity contribution < 1.29 is 29.6 Å². The molecular weight excluding hydrogens is 396 g/mol. The molecule has 0 heterocycles. The summed E-state index contributed by atoms with van der Waals surface area (Å²) in [6, 6.07) is 12.8. The molecule has 0 aliphatic carbocycles. The average Bonchev–Trinajstić information content (AvgIpc) is 2.69. The Kier molecular flexibility index (Phi) is 9.08. The Balaban J connectivity index is 0.000000325. The Morgan fingerprint density at radius 1 is 0.900 bits per heavy atom. The van der Waals surface area contributed by atoms with E-state index in [9.17, 15) is 29.8 Å². The second kappa shape index (κ2) is 11.2. The second-order valence-electron chi connectivity index (χ2n) is 6.63. The van der Waals surface area contributed by atoms with Gasteiger partial charge in [0.2, 0.25) is 0 Å². The Bertz CT molecular complexity index is 883. The zero-order valence-corrected chi connectivity index (χ0v) is 16.4. The van der Waals surface area contributed by atoms with E-state index in [1.54, 1.807) is 6.92 Å². The Labute approximate surface area is 172 Å². The summed E-state index contributed by atoms with van der Waals surface area (Å²) >= 11 is 0. The van der Waals surface area contributed by atoms with Crippen molar-refractivity contribution in [1.29, 1.82) is 0 Å². The summed E-state index contributed by atoms with van der Waals surface area (Å²) in [6.45, 7) is 2.94. The molecule has 0 bridgehead atoms. The van der Waals surface area contributed by atoms with Crippen LogP contribution >= 0.6 is 0 Å². The van der Waals surface area contributed by atoms with Crippen molar-refractivity contribution in [3.63, 3.8) is 0 Å². The van der Waals surface area contributed by atoms with Crippen LogP contribution in [-0.2, 0) is 16.0 Å². The van der Waals surface area contributed by atoms with Gasteiger partial charge in [-0.2, -0.15) is 0 Å². The van der Waals surface area contributed by atoms with Crippen LogP contribution in [0.5, 0.6) is 0 Å². The molecule has 2 aromatic carbocycles. The van der Waals surface area contributed by atoms with Gasteiger partial charge in [-0.25, -0.2) is 0 Å². The molecule has 2 N–H and O–H groups in total. The fraction of sp³-hybridized carbons (Fsp3) is 0.300. The highest BCUT2D eigenvalue weighted by Gasteiger charge is 2.35. The van der Waals surface area contributed by atoms with E-state index in [1.165, 1.54) is 19.1 Å². The monoisotopic (exact) mass is 418 g/mol. The molecule has 0 radical (unpaired) electrons. The highest BCUT2D eigenvalue weighted by molar-refractivity contribution is 5.70. The maximum absolute atomic E-state index is 10.9. The zero-order valence-electron chi connectivity index (χ0n) is 16.4. The highest BCUT2D eigenvalue weighted by Crippen LogP contribution is 2.27. The number of carbonyl (C=O) groups is 2. The molecule has 0 amide bonds. The molecular formula is C20H22N2O8. The van der Waals surface area contributed by atoms with Crippen LogP contribution in [0.4, 0.5) is 5.69 Å². The minimum absolute atomic E-state index is 0.125. The minimum atomic E-state index is -1.43. The largest absolute Gasteiger partial charge is 0.481 e. The Hall–Kier alpha value is -3.82. The fourth-order valence-corrected chi connectivity index (χ4v) is 2.58. The van der Waals surface area contributed by atoms with Crippen molar-refractivity contribution in [2.24, 2.45) is 11.8 Å². The van der Waals surface area contributed by atoms with Gasteiger partial charge in [0.25, 0.3) is 11.7 Å². The standard InChI is InChI=1S/C10H10N2O6.C10H12O2/c1-6(10(13)14)9(12(17)18)7-2-4-8(5-3-7)11(15)16;1-8(10(11)12)7-9-5-3-2-4-6-9/h2-6,9H,1H3,(H,13,14);2-6,8H,7H2,1H3,(H,11,12). The molecule has 0 spiro atoms. The molecule has 3 atom stereocenters. The van der Waals surface area contributed by atoms with Gasteiger partial charge in [-0.05, 0) is 31.0 Å². The molecule has 0 aliphatic heterocycles. The number of benzene rings is 2. The first-order valence-corrected chi connectivity index (χ1v) is 8.92. The summed E-state index contributed by atoms with van der Waals surface area (Å²) in [7, 11) is 0. The molecule has 0 aliphatic rings. The number of rotatable bonds is 8. The van der Waals surface area contributed by atoms with E-state index in [4.69, 9.17) is 10.2 Å². The van der Waals surface area contributed by atoms with Crippen LogP contribution in [0.1, 0.15) is 31.0 Å². The van der Waals surface area contributed by atoms with E-state index in [0.717, 1.165) is 17.7 Å². The topological polar surface area (TPSA) is 161 Å². The maximum atomic E-state index is 10.9. The number of hydrogen-bond acceptors (Lipinski definition) is 6. The molecule has 2 aromatic rings. The summed E-state index contributed by atoms with van der Waals surface area (Å²) in [4.78, 5) is 41.3. The smallest absolute Gasteiger partial charge is 0.313 e. The number of non-ortho nitro benzene ring substituents is 1. The van der Waals surface area contributed by atoms with Gasteiger partial charge in [-0.1, -0.05) is 37.3 Å². The maximum Gasteiger partial charge on any atom is 0.313 e. The van der Waals surface area contributed by atoms with Gasteiger partial charge in [-0.3, -0.25) is 29.8 Å². The lowest BCUT2D eigenvalue weighted by atomic mass is 9.95. The molecule has 10 nitrogen and oxygen atoms in total. The molecule has 0 saturated heterocycles. The van der Waals surface area contributed by atoms with Gasteiger partial charge in [0.1, 0.15) is 5.92 Å². The summed E-state index contributed by atoms with van der Waals surface area (Å²) in [5, 5.41) is 38.7.